The van der Waals surface area contributed by atoms with E-state index in [1.165, 1.54) is 16.2 Å². The third-order valence-corrected chi connectivity index (χ3v) is 6.25. The van der Waals surface area contributed by atoms with Crippen LogP contribution in [0.15, 0.2) is 0 Å². The van der Waals surface area contributed by atoms with Crippen LogP contribution in [-0.4, -0.2) is 80.4 Å². The van der Waals surface area contributed by atoms with Crippen molar-refractivity contribution >= 4 is 33.4 Å². The number of amides is 2. The van der Waals surface area contributed by atoms with Gasteiger partial charge in [0.15, 0.2) is 5.69 Å². The summed E-state index contributed by atoms with van der Waals surface area (Å²) in [7, 11) is 0. The Labute approximate surface area is 160 Å². The maximum Gasteiger partial charge on any atom is 0.407 e. The minimum atomic E-state index is -0.857. The second kappa shape index (κ2) is 6.97. The summed E-state index contributed by atoms with van der Waals surface area (Å²) in [6, 6.07) is 0. The van der Waals surface area contributed by atoms with Gasteiger partial charge in [0.05, 0.1) is 11.9 Å². The molecular weight excluding hydrogens is 370 g/mol. The Balaban J connectivity index is 1.57. The van der Waals surface area contributed by atoms with Gasteiger partial charge in [0.2, 0.25) is 10.1 Å². The molecule has 3 N–H and O–H groups in total. The predicted molar refractivity (Wildman–Crippen MR) is 100 cm³/mol. The van der Waals surface area contributed by atoms with Gasteiger partial charge in [0, 0.05) is 32.7 Å². The maximum absolute atomic E-state index is 11.8. The highest BCUT2D eigenvalue weighted by Gasteiger charge is 2.35. The van der Waals surface area contributed by atoms with Gasteiger partial charge < -0.3 is 20.6 Å². The number of carbonyl (C=O) groups excluding carboxylic acids is 1. The van der Waals surface area contributed by atoms with Crippen LogP contribution in [0.3, 0.4) is 0 Å². The molecule has 146 valence electrons. The molecule has 0 aromatic carbocycles. The highest BCUT2D eigenvalue weighted by Crippen LogP contribution is 2.32. The van der Waals surface area contributed by atoms with Crippen LogP contribution in [0, 0.1) is 0 Å². The molecule has 1 atom stereocenters. The first-order chi connectivity index (χ1) is 13.0. The molecule has 2 aromatic rings. The smallest absolute Gasteiger partial charge is 0.407 e. The van der Waals surface area contributed by atoms with Gasteiger partial charge in [-0.2, -0.15) is 4.52 Å². The van der Waals surface area contributed by atoms with E-state index in [1.807, 2.05) is 6.92 Å². The van der Waals surface area contributed by atoms with E-state index in [0.29, 0.717) is 48.9 Å². The fourth-order valence-corrected chi connectivity index (χ4v) is 4.94. The number of nitrogens with two attached hydrogens (primary N) is 1. The highest BCUT2D eigenvalue weighted by atomic mass is 32.1. The molecule has 2 aromatic heterocycles. The number of primary amides is 1. The van der Waals surface area contributed by atoms with Gasteiger partial charge in [0.1, 0.15) is 0 Å². The van der Waals surface area contributed by atoms with Crippen LogP contribution in [0.1, 0.15) is 35.9 Å². The summed E-state index contributed by atoms with van der Waals surface area (Å²) < 4.78 is 1.57. The maximum atomic E-state index is 11.8. The number of aryl methyl sites for hydroxylation is 1. The summed E-state index contributed by atoms with van der Waals surface area (Å²) in [6.07, 6.45) is 2.03. The van der Waals surface area contributed by atoms with Crippen LogP contribution in [0.5, 0.6) is 0 Å². The Morgan fingerprint density at radius 1 is 1.26 bits per heavy atom. The first kappa shape index (κ1) is 18.0. The molecule has 27 heavy (non-hydrogen) atoms. The predicted octanol–water partition coefficient (Wildman–Crippen LogP) is 0.674. The van der Waals surface area contributed by atoms with E-state index >= 15 is 0 Å². The summed E-state index contributed by atoms with van der Waals surface area (Å²) >= 11 is 1.46. The lowest BCUT2D eigenvalue weighted by molar-refractivity contribution is 0.0869. The third kappa shape index (κ3) is 3.10. The van der Waals surface area contributed by atoms with Crippen molar-refractivity contribution in [2.45, 2.75) is 32.4 Å². The molecule has 0 radical (unpaired) electrons. The quantitative estimate of drug-likeness (QED) is 0.783. The number of hydrogen-bond donors (Lipinski definition) is 2. The van der Waals surface area contributed by atoms with Gasteiger partial charge in [-0.3, -0.25) is 9.69 Å². The first-order valence-corrected chi connectivity index (χ1v) is 9.98. The zero-order chi connectivity index (χ0) is 19.1. The molecule has 0 saturated carbocycles. The molecule has 4 heterocycles. The van der Waals surface area contributed by atoms with Crippen molar-refractivity contribution in [3.8, 4) is 0 Å². The largest absolute Gasteiger partial charge is 0.465 e. The summed E-state index contributed by atoms with van der Waals surface area (Å²) in [6.45, 7) is 5.28. The normalized spacial score (nSPS) is 21.3. The number of fused-ring (bicyclic) bond motifs is 1. The molecule has 10 nitrogen and oxygen atoms in total. The van der Waals surface area contributed by atoms with E-state index in [-0.39, 0.29) is 6.17 Å². The number of carbonyl (C=O) groups is 2. The Bertz CT molecular complexity index is 871. The van der Waals surface area contributed by atoms with Crippen molar-refractivity contribution < 1.29 is 14.7 Å². The highest BCUT2D eigenvalue weighted by molar-refractivity contribution is 7.20. The fourth-order valence-electron chi connectivity index (χ4n) is 3.95. The molecule has 2 fully saturated rings. The number of nitrogens with zero attached hydrogens (tertiary/aromatic N) is 6. The first-order valence-electron chi connectivity index (χ1n) is 9.16. The van der Waals surface area contributed by atoms with Gasteiger partial charge in [-0.05, 0) is 19.3 Å². The lowest BCUT2D eigenvalue weighted by atomic mass is 10.2. The Morgan fingerprint density at radius 2 is 2.00 bits per heavy atom. The molecule has 0 aliphatic carbocycles. The second-order valence-corrected chi connectivity index (χ2v) is 7.76. The second-order valence-electron chi connectivity index (χ2n) is 6.83. The van der Waals surface area contributed by atoms with E-state index < -0.39 is 12.0 Å². The Hall–Kier alpha value is -2.40. The molecule has 0 bridgehead atoms. The lowest BCUT2D eigenvalue weighted by Crippen LogP contribution is -2.55. The average molecular weight is 393 g/mol. The van der Waals surface area contributed by atoms with Crippen molar-refractivity contribution in [3.63, 3.8) is 0 Å². The molecule has 2 aliphatic heterocycles. The molecule has 11 heteroatoms. The number of aromatic nitrogens is 3. The van der Waals surface area contributed by atoms with E-state index in [9.17, 15) is 9.59 Å². The van der Waals surface area contributed by atoms with Crippen molar-refractivity contribution in [2.24, 2.45) is 5.73 Å². The Kier molecular flexibility index (Phi) is 4.64. The minimum Gasteiger partial charge on any atom is -0.465 e. The van der Waals surface area contributed by atoms with Crippen LogP contribution >= 0.6 is 11.3 Å². The van der Waals surface area contributed by atoms with Crippen LogP contribution in [0.2, 0.25) is 0 Å². The minimum absolute atomic E-state index is 0.194. The van der Waals surface area contributed by atoms with Crippen molar-refractivity contribution in [1.82, 2.24) is 24.4 Å². The monoisotopic (exact) mass is 393 g/mol. The molecule has 0 spiro atoms. The standard InChI is InChI=1S/C16H23N7O3S/c1-2-10-12(13(17)24)23-14(18-10)27-15(19-23)22-5-3-4-11(22)20-6-8-21(9-7-20)16(25)26/h11H,2-9H2,1H3,(H2,17,24)(H,25,26). The van der Waals surface area contributed by atoms with E-state index in [1.54, 1.807) is 4.52 Å². The molecule has 4 rings (SSSR count). The number of imidazole rings is 1. The summed E-state index contributed by atoms with van der Waals surface area (Å²) in [4.78, 5) is 34.2. The van der Waals surface area contributed by atoms with Crippen LogP contribution in [0.25, 0.3) is 4.96 Å². The molecule has 2 saturated heterocycles. The van der Waals surface area contributed by atoms with Gasteiger partial charge in [-0.25, -0.2) is 9.78 Å². The zero-order valence-corrected chi connectivity index (χ0v) is 16.0. The zero-order valence-electron chi connectivity index (χ0n) is 15.2. The Morgan fingerprint density at radius 3 is 2.63 bits per heavy atom. The lowest BCUT2D eigenvalue weighted by Gasteiger charge is -2.40. The van der Waals surface area contributed by atoms with E-state index in [2.05, 4.69) is 19.9 Å². The van der Waals surface area contributed by atoms with Crippen molar-refractivity contribution in [1.29, 1.82) is 0 Å². The number of anilines is 1. The third-order valence-electron chi connectivity index (χ3n) is 5.31. The molecular formula is C16H23N7O3S. The molecule has 2 amide bonds. The van der Waals surface area contributed by atoms with Gasteiger partial charge in [-0.1, -0.05) is 18.3 Å². The summed E-state index contributed by atoms with van der Waals surface area (Å²) in [5, 5.41) is 14.6. The summed E-state index contributed by atoms with van der Waals surface area (Å²) in [5.41, 5.74) is 6.57. The number of carboxylic acid groups (broad SMARTS) is 1. The fraction of sp³-hybridized carbons (Fsp3) is 0.625. The number of hydrogen-bond acceptors (Lipinski definition) is 7. The summed E-state index contributed by atoms with van der Waals surface area (Å²) in [5.74, 6) is -0.515. The molecule has 2 aliphatic rings. The van der Waals surface area contributed by atoms with Crippen LogP contribution < -0.4 is 10.6 Å². The topological polar surface area (TPSA) is 120 Å². The van der Waals surface area contributed by atoms with Crippen molar-refractivity contribution in [2.75, 3.05) is 37.6 Å². The average Bonchev–Trinajstić information content (AvgIpc) is 3.34. The van der Waals surface area contributed by atoms with Gasteiger partial charge >= 0.3 is 6.09 Å². The molecule has 1 unspecified atom stereocenters. The number of piperazine rings is 1. The van der Waals surface area contributed by atoms with Crippen LogP contribution in [0.4, 0.5) is 9.93 Å². The number of rotatable bonds is 4. The van der Waals surface area contributed by atoms with Crippen LogP contribution in [-0.2, 0) is 6.42 Å². The SMILES string of the molecule is CCc1nc2sc(N3CCCC3N3CCN(C(=O)O)CC3)nn2c1C(N)=O. The van der Waals surface area contributed by atoms with Crippen molar-refractivity contribution in [3.05, 3.63) is 11.4 Å². The van der Waals surface area contributed by atoms with Gasteiger partial charge in [0.25, 0.3) is 5.91 Å². The van der Waals surface area contributed by atoms with E-state index in [0.717, 1.165) is 24.5 Å². The van der Waals surface area contributed by atoms with Gasteiger partial charge in [-0.15, -0.1) is 5.10 Å². The van der Waals surface area contributed by atoms with E-state index in [4.69, 9.17) is 10.8 Å².